The molecule has 0 saturated heterocycles. The summed E-state index contributed by atoms with van der Waals surface area (Å²) in [6.07, 6.45) is 1.06. The average molecular weight is 167 g/mol. The van der Waals surface area contributed by atoms with Gasteiger partial charge >= 0.3 is 0 Å². The third-order valence-electron chi connectivity index (χ3n) is 1.13. The second-order valence-electron chi connectivity index (χ2n) is 1.95. The van der Waals surface area contributed by atoms with Crippen LogP contribution in [0.2, 0.25) is 0 Å². The van der Waals surface area contributed by atoms with Gasteiger partial charge in [0.15, 0.2) is 0 Å². The Morgan fingerprint density at radius 1 is 1.40 bits per heavy atom. The van der Waals surface area contributed by atoms with Crippen molar-refractivity contribution in [1.82, 2.24) is 4.72 Å². The molecule has 0 heterocycles. The summed E-state index contributed by atoms with van der Waals surface area (Å²) in [6, 6.07) is 0. The molecule has 62 valence electrons. The number of unbranched alkanes of at least 4 members (excludes halogenated alkanes) is 1. The Bertz CT molecular complexity index is 164. The van der Waals surface area contributed by atoms with Gasteiger partial charge in [-0.15, -0.1) is 0 Å². The first-order valence-corrected chi connectivity index (χ1v) is 4.79. The highest BCUT2D eigenvalue weighted by Crippen LogP contribution is 1.91. The molecule has 0 amide bonds. The lowest BCUT2D eigenvalue weighted by molar-refractivity contribution is 0.287. The molecule has 0 spiro atoms. The lowest BCUT2D eigenvalue weighted by Crippen LogP contribution is -2.21. The molecule has 0 aromatic heterocycles. The van der Waals surface area contributed by atoms with Crippen LogP contribution in [-0.2, 0) is 10.0 Å². The zero-order chi connectivity index (χ0) is 8.04. The van der Waals surface area contributed by atoms with E-state index in [9.17, 15) is 8.42 Å². The van der Waals surface area contributed by atoms with Crippen molar-refractivity contribution in [3.8, 4) is 0 Å². The zero-order valence-corrected chi connectivity index (χ0v) is 6.82. The maximum absolute atomic E-state index is 10.7. The normalized spacial score (nSPS) is 11.8. The van der Waals surface area contributed by atoms with E-state index in [-0.39, 0.29) is 12.4 Å². The Kier molecular flexibility index (Phi) is 4.59. The summed E-state index contributed by atoms with van der Waals surface area (Å²) in [7, 11) is -1.67. The van der Waals surface area contributed by atoms with Crippen molar-refractivity contribution in [2.75, 3.05) is 19.4 Å². The van der Waals surface area contributed by atoms with E-state index in [0.29, 0.717) is 12.8 Å². The predicted octanol–water partition coefficient (Wildman–Crippen LogP) is -0.692. The quantitative estimate of drug-likeness (QED) is 0.532. The van der Waals surface area contributed by atoms with E-state index < -0.39 is 10.0 Å². The third-order valence-corrected chi connectivity index (χ3v) is 2.58. The minimum absolute atomic E-state index is 0.0548. The molecule has 0 atom stereocenters. The molecule has 0 aliphatic carbocycles. The van der Waals surface area contributed by atoms with Gasteiger partial charge in [-0.1, -0.05) is 0 Å². The van der Waals surface area contributed by atoms with Crippen molar-refractivity contribution >= 4 is 10.0 Å². The Balaban J connectivity index is 3.49. The molecule has 4 nitrogen and oxygen atoms in total. The van der Waals surface area contributed by atoms with Crippen LogP contribution in [0.3, 0.4) is 0 Å². The average Bonchev–Trinajstić information content (AvgIpc) is 1.89. The van der Waals surface area contributed by atoms with Gasteiger partial charge in [0.2, 0.25) is 10.0 Å². The molecule has 10 heavy (non-hydrogen) atoms. The second-order valence-corrected chi connectivity index (χ2v) is 4.00. The van der Waals surface area contributed by atoms with Gasteiger partial charge in [-0.25, -0.2) is 13.1 Å². The molecule has 0 bridgehead atoms. The van der Waals surface area contributed by atoms with Crippen LogP contribution in [0.25, 0.3) is 0 Å². The van der Waals surface area contributed by atoms with Gasteiger partial charge in [-0.05, 0) is 19.9 Å². The molecule has 0 aliphatic heterocycles. The monoisotopic (exact) mass is 167 g/mol. The van der Waals surface area contributed by atoms with Crippen LogP contribution >= 0.6 is 0 Å². The molecule has 0 fully saturated rings. The summed E-state index contributed by atoms with van der Waals surface area (Å²) in [4.78, 5) is 0. The molecule has 0 rings (SSSR count). The Morgan fingerprint density at radius 3 is 2.40 bits per heavy atom. The van der Waals surface area contributed by atoms with Gasteiger partial charge in [-0.2, -0.15) is 0 Å². The van der Waals surface area contributed by atoms with Gasteiger partial charge in [0.25, 0.3) is 0 Å². The number of nitrogens with one attached hydrogen (secondary N) is 1. The maximum Gasteiger partial charge on any atom is 0.211 e. The first kappa shape index (κ1) is 9.87. The van der Waals surface area contributed by atoms with Gasteiger partial charge in [-0.3, -0.25) is 0 Å². The SMILES string of the molecule is CNS(=O)(=O)CCCCO. The van der Waals surface area contributed by atoms with Crippen LogP contribution in [0.4, 0.5) is 0 Å². The minimum Gasteiger partial charge on any atom is -0.396 e. The Hall–Kier alpha value is -0.130. The fourth-order valence-electron chi connectivity index (χ4n) is 0.506. The molecule has 0 unspecified atom stereocenters. The topological polar surface area (TPSA) is 66.4 Å². The highest BCUT2D eigenvalue weighted by Gasteiger charge is 2.04. The van der Waals surface area contributed by atoms with E-state index >= 15 is 0 Å². The molecule has 0 aromatic rings. The number of aliphatic hydroxyl groups is 1. The highest BCUT2D eigenvalue weighted by molar-refractivity contribution is 7.89. The fraction of sp³-hybridized carbons (Fsp3) is 1.00. The summed E-state index contributed by atoms with van der Waals surface area (Å²) >= 11 is 0. The first-order valence-electron chi connectivity index (χ1n) is 3.14. The predicted molar refractivity (Wildman–Crippen MR) is 39.2 cm³/mol. The van der Waals surface area contributed by atoms with Crippen LogP contribution in [-0.4, -0.2) is 32.9 Å². The van der Waals surface area contributed by atoms with Crippen molar-refractivity contribution in [2.45, 2.75) is 12.8 Å². The zero-order valence-electron chi connectivity index (χ0n) is 6.00. The van der Waals surface area contributed by atoms with E-state index in [4.69, 9.17) is 5.11 Å². The minimum atomic E-state index is -3.05. The van der Waals surface area contributed by atoms with Crippen molar-refractivity contribution in [3.05, 3.63) is 0 Å². The van der Waals surface area contributed by atoms with Gasteiger partial charge < -0.3 is 5.11 Å². The van der Waals surface area contributed by atoms with Gasteiger partial charge in [0, 0.05) is 6.61 Å². The Labute approximate surface area is 61.3 Å². The standard InChI is InChI=1S/C5H13NO3S/c1-6-10(8,9)5-3-2-4-7/h6-7H,2-5H2,1H3. The first-order chi connectivity index (χ1) is 4.62. The smallest absolute Gasteiger partial charge is 0.211 e. The number of aliphatic hydroxyl groups excluding tert-OH is 1. The molecule has 0 aliphatic rings. The molecular weight excluding hydrogens is 154 g/mol. The summed E-state index contributed by atoms with van der Waals surface area (Å²) in [5, 5.41) is 8.32. The van der Waals surface area contributed by atoms with Crippen LogP contribution in [0.5, 0.6) is 0 Å². The molecule has 0 aromatic carbocycles. The van der Waals surface area contributed by atoms with E-state index in [2.05, 4.69) is 4.72 Å². The van der Waals surface area contributed by atoms with Crippen molar-refractivity contribution < 1.29 is 13.5 Å². The summed E-state index contributed by atoms with van der Waals surface area (Å²) in [5.74, 6) is 0.101. The second kappa shape index (κ2) is 4.65. The lowest BCUT2D eigenvalue weighted by Gasteiger charge is -1.99. The van der Waals surface area contributed by atoms with Gasteiger partial charge in [0.1, 0.15) is 0 Å². The highest BCUT2D eigenvalue weighted by atomic mass is 32.2. The lowest BCUT2D eigenvalue weighted by atomic mass is 10.4. The van der Waals surface area contributed by atoms with Crippen LogP contribution in [0, 0.1) is 0 Å². The summed E-state index contributed by atoms with van der Waals surface area (Å²) < 4.78 is 23.6. The summed E-state index contributed by atoms with van der Waals surface area (Å²) in [5.41, 5.74) is 0. The largest absolute Gasteiger partial charge is 0.396 e. The number of sulfonamides is 1. The van der Waals surface area contributed by atoms with E-state index in [0.717, 1.165) is 0 Å². The molecule has 2 N–H and O–H groups in total. The van der Waals surface area contributed by atoms with E-state index in [1.54, 1.807) is 0 Å². The van der Waals surface area contributed by atoms with Crippen molar-refractivity contribution in [2.24, 2.45) is 0 Å². The number of hydrogen-bond donors (Lipinski definition) is 2. The fourth-order valence-corrected chi connectivity index (χ4v) is 1.29. The van der Waals surface area contributed by atoms with Crippen molar-refractivity contribution in [1.29, 1.82) is 0 Å². The number of rotatable bonds is 5. The van der Waals surface area contributed by atoms with Crippen LogP contribution in [0.15, 0.2) is 0 Å². The van der Waals surface area contributed by atoms with Crippen LogP contribution in [0.1, 0.15) is 12.8 Å². The molecule has 0 radical (unpaired) electrons. The van der Waals surface area contributed by atoms with Crippen LogP contribution < -0.4 is 4.72 Å². The number of hydrogen-bond acceptors (Lipinski definition) is 3. The molecule has 0 saturated carbocycles. The molecule has 5 heteroatoms. The van der Waals surface area contributed by atoms with Crippen molar-refractivity contribution in [3.63, 3.8) is 0 Å². The summed E-state index contributed by atoms with van der Waals surface area (Å²) in [6.45, 7) is 0.0548. The van der Waals surface area contributed by atoms with E-state index in [1.165, 1.54) is 7.05 Å². The molecular formula is C5H13NO3S. The van der Waals surface area contributed by atoms with Gasteiger partial charge in [0.05, 0.1) is 5.75 Å². The Morgan fingerprint density at radius 2 is 2.00 bits per heavy atom. The third kappa shape index (κ3) is 4.72. The maximum atomic E-state index is 10.7. The van der Waals surface area contributed by atoms with E-state index in [1.807, 2.05) is 0 Å².